The smallest absolute Gasteiger partial charge is 0.307 e. The topological polar surface area (TPSA) is 69.6 Å². The molecule has 2 N–H and O–H groups in total. The quantitative estimate of drug-likeness (QED) is 0.694. The number of carbonyl (C=O) groups excluding carboxylic acids is 1. The number of aliphatic carboxylic acids is 1. The molecule has 18 heavy (non-hydrogen) atoms. The van der Waals surface area contributed by atoms with Gasteiger partial charge in [0.1, 0.15) is 0 Å². The number of carboxylic acids is 1. The Hall–Kier alpha value is -1.10. The summed E-state index contributed by atoms with van der Waals surface area (Å²) in [5.41, 5.74) is 0. The first-order valence-corrected chi connectivity index (χ1v) is 6.70. The molecule has 1 amide bonds. The predicted molar refractivity (Wildman–Crippen MR) is 69.3 cm³/mol. The fourth-order valence-corrected chi connectivity index (χ4v) is 2.61. The lowest BCUT2D eigenvalue weighted by atomic mass is 9.78. The van der Waals surface area contributed by atoms with E-state index < -0.39 is 11.9 Å². The van der Waals surface area contributed by atoms with Gasteiger partial charge in [-0.25, -0.2) is 0 Å². The molecular formula is C13H24N2O3. The van der Waals surface area contributed by atoms with E-state index in [4.69, 9.17) is 0 Å². The average Bonchev–Trinajstić information content (AvgIpc) is 2.38. The lowest BCUT2D eigenvalue weighted by molar-refractivity contribution is -0.151. The summed E-state index contributed by atoms with van der Waals surface area (Å²) in [4.78, 5) is 25.1. The first-order chi connectivity index (χ1) is 8.57. The second kappa shape index (κ2) is 7.36. The van der Waals surface area contributed by atoms with Crippen LogP contribution in [0, 0.1) is 11.8 Å². The molecule has 104 valence electrons. The Morgan fingerprint density at radius 2 is 1.89 bits per heavy atom. The molecule has 0 aromatic heterocycles. The minimum atomic E-state index is -0.823. The van der Waals surface area contributed by atoms with Gasteiger partial charge in [-0.05, 0) is 32.9 Å². The van der Waals surface area contributed by atoms with Crippen molar-refractivity contribution in [3.05, 3.63) is 0 Å². The molecule has 0 spiro atoms. The van der Waals surface area contributed by atoms with Crippen molar-refractivity contribution in [1.29, 1.82) is 0 Å². The SMILES string of the molecule is CNCCCN(C)C(=O)C1CCCCC1C(=O)O. The van der Waals surface area contributed by atoms with Crippen molar-refractivity contribution >= 4 is 11.9 Å². The van der Waals surface area contributed by atoms with Crippen molar-refractivity contribution in [2.45, 2.75) is 32.1 Å². The monoisotopic (exact) mass is 256 g/mol. The molecule has 0 aromatic carbocycles. The molecule has 5 heteroatoms. The zero-order valence-corrected chi connectivity index (χ0v) is 11.3. The van der Waals surface area contributed by atoms with Crippen LogP contribution in [0.2, 0.25) is 0 Å². The summed E-state index contributed by atoms with van der Waals surface area (Å²) < 4.78 is 0. The van der Waals surface area contributed by atoms with Crippen LogP contribution in [-0.4, -0.2) is 49.1 Å². The van der Waals surface area contributed by atoms with Crippen molar-refractivity contribution in [3.63, 3.8) is 0 Å². The number of nitrogens with one attached hydrogen (secondary N) is 1. The van der Waals surface area contributed by atoms with Gasteiger partial charge in [0.2, 0.25) is 5.91 Å². The van der Waals surface area contributed by atoms with Gasteiger partial charge in [-0.1, -0.05) is 12.8 Å². The van der Waals surface area contributed by atoms with E-state index >= 15 is 0 Å². The van der Waals surface area contributed by atoms with Crippen LogP contribution in [0.25, 0.3) is 0 Å². The summed E-state index contributed by atoms with van der Waals surface area (Å²) in [7, 11) is 3.65. The van der Waals surface area contributed by atoms with Gasteiger partial charge < -0.3 is 15.3 Å². The minimum Gasteiger partial charge on any atom is -0.481 e. The Kier molecular flexibility index (Phi) is 6.12. The molecule has 1 saturated carbocycles. The van der Waals surface area contributed by atoms with Gasteiger partial charge in [-0.2, -0.15) is 0 Å². The molecule has 0 radical (unpaired) electrons. The number of nitrogens with zero attached hydrogens (tertiary/aromatic N) is 1. The van der Waals surface area contributed by atoms with Crippen LogP contribution in [0.3, 0.4) is 0 Å². The number of hydrogen-bond donors (Lipinski definition) is 2. The van der Waals surface area contributed by atoms with Crippen LogP contribution in [0.5, 0.6) is 0 Å². The lowest BCUT2D eigenvalue weighted by Crippen LogP contribution is -2.41. The molecule has 5 nitrogen and oxygen atoms in total. The van der Waals surface area contributed by atoms with Crippen molar-refractivity contribution in [2.24, 2.45) is 11.8 Å². The fraction of sp³-hybridized carbons (Fsp3) is 0.846. The highest BCUT2D eigenvalue weighted by molar-refractivity contribution is 5.84. The maximum absolute atomic E-state index is 12.2. The normalized spacial score (nSPS) is 23.7. The third kappa shape index (κ3) is 3.98. The van der Waals surface area contributed by atoms with E-state index in [2.05, 4.69) is 5.32 Å². The van der Waals surface area contributed by atoms with Crippen LogP contribution in [0.4, 0.5) is 0 Å². The van der Waals surface area contributed by atoms with Crippen LogP contribution < -0.4 is 5.32 Å². The molecule has 1 aliphatic carbocycles. The third-order valence-electron chi connectivity index (χ3n) is 3.70. The van der Waals surface area contributed by atoms with E-state index in [1.165, 1.54) is 0 Å². The van der Waals surface area contributed by atoms with Gasteiger partial charge in [-0.15, -0.1) is 0 Å². The molecular weight excluding hydrogens is 232 g/mol. The van der Waals surface area contributed by atoms with Crippen molar-refractivity contribution in [3.8, 4) is 0 Å². The van der Waals surface area contributed by atoms with Gasteiger partial charge in [-0.3, -0.25) is 9.59 Å². The van der Waals surface area contributed by atoms with Gasteiger partial charge >= 0.3 is 5.97 Å². The van der Waals surface area contributed by atoms with Gasteiger partial charge in [0, 0.05) is 13.6 Å². The Morgan fingerprint density at radius 3 is 2.44 bits per heavy atom. The maximum atomic E-state index is 12.2. The molecule has 2 unspecified atom stereocenters. The fourth-order valence-electron chi connectivity index (χ4n) is 2.61. The number of rotatable bonds is 6. The lowest BCUT2D eigenvalue weighted by Gasteiger charge is -2.31. The van der Waals surface area contributed by atoms with E-state index in [1.54, 1.807) is 11.9 Å². The number of hydrogen-bond acceptors (Lipinski definition) is 3. The van der Waals surface area contributed by atoms with Crippen LogP contribution >= 0.6 is 0 Å². The first-order valence-electron chi connectivity index (χ1n) is 6.70. The van der Waals surface area contributed by atoms with E-state index in [-0.39, 0.29) is 11.8 Å². The zero-order chi connectivity index (χ0) is 13.5. The van der Waals surface area contributed by atoms with Crippen LogP contribution in [0.1, 0.15) is 32.1 Å². The predicted octanol–water partition coefficient (Wildman–Crippen LogP) is 0.945. The third-order valence-corrected chi connectivity index (χ3v) is 3.70. The molecule has 1 rings (SSSR count). The standard InChI is InChI=1S/C13H24N2O3/c1-14-8-5-9-15(2)12(16)10-6-3-4-7-11(10)13(17)18/h10-11,14H,3-9H2,1-2H3,(H,17,18). The Morgan fingerprint density at radius 1 is 1.28 bits per heavy atom. The summed E-state index contributed by atoms with van der Waals surface area (Å²) in [6.45, 7) is 1.55. The van der Waals surface area contributed by atoms with E-state index in [9.17, 15) is 14.7 Å². The largest absolute Gasteiger partial charge is 0.481 e. The average molecular weight is 256 g/mol. The second-order valence-electron chi connectivity index (χ2n) is 5.05. The highest BCUT2D eigenvalue weighted by atomic mass is 16.4. The van der Waals surface area contributed by atoms with Gasteiger partial charge in [0.05, 0.1) is 11.8 Å². The minimum absolute atomic E-state index is 0.00166. The number of amides is 1. The van der Waals surface area contributed by atoms with Gasteiger partial charge in [0.25, 0.3) is 0 Å². The van der Waals surface area contributed by atoms with E-state index in [0.29, 0.717) is 19.4 Å². The summed E-state index contributed by atoms with van der Waals surface area (Å²) in [5, 5.41) is 12.2. The molecule has 0 bridgehead atoms. The second-order valence-corrected chi connectivity index (χ2v) is 5.05. The molecule has 1 aliphatic rings. The number of carbonyl (C=O) groups is 2. The van der Waals surface area contributed by atoms with Crippen molar-refractivity contribution in [1.82, 2.24) is 10.2 Å². The van der Waals surface area contributed by atoms with Crippen LogP contribution in [0.15, 0.2) is 0 Å². The highest BCUT2D eigenvalue weighted by Gasteiger charge is 2.36. The van der Waals surface area contributed by atoms with Crippen molar-refractivity contribution in [2.75, 3.05) is 27.2 Å². The maximum Gasteiger partial charge on any atom is 0.307 e. The van der Waals surface area contributed by atoms with E-state index in [1.807, 2.05) is 7.05 Å². The summed E-state index contributed by atoms with van der Waals surface area (Å²) in [5.74, 6) is -1.64. The van der Waals surface area contributed by atoms with E-state index in [0.717, 1.165) is 25.8 Å². The van der Waals surface area contributed by atoms with Crippen LogP contribution in [-0.2, 0) is 9.59 Å². The summed E-state index contributed by atoms with van der Waals surface area (Å²) in [6, 6.07) is 0. The molecule has 0 saturated heterocycles. The molecule has 0 aromatic rings. The summed E-state index contributed by atoms with van der Waals surface area (Å²) >= 11 is 0. The van der Waals surface area contributed by atoms with Crippen molar-refractivity contribution < 1.29 is 14.7 Å². The Balaban J connectivity index is 2.54. The Bertz CT molecular complexity index is 294. The number of carboxylic acid groups (broad SMARTS) is 1. The molecule has 0 aliphatic heterocycles. The highest BCUT2D eigenvalue weighted by Crippen LogP contribution is 2.31. The van der Waals surface area contributed by atoms with Gasteiger partial charge in [0.15, 0.2) is 0 Å². The first kappa shape index (κ1) is 15.0. The molecule has 2 atom stereocenters. The zero-order valence-electron chi connectivity index (χ0n) is 11.3. The Labute approximate surface area is 109 Å². The molecule has 0 heterocycles. The summed E-state index contributed by atoms with van der Waals surface area (Å²) in [6.07, 6.45) is 4.13. The molecule has 1 fully saturated rings.